The van der Waals surface area contributed by atoms with Gasteiger partial charge in [-0.2, -0.15) is 13.2 Å². The van der Waals surface area contributed by atoms with E-state index in [0.717, 1.165) is 6.07 Å². The number of fused-ring (bicyclic) bond motifs is 1. The predicted molar refractivity (Wildman–Crippen MR) is 54.3 cm³/mol. The Bertz CT molecular complexity index is 595. The van der Waals surface area contributed by atoms with E-state index >= 15 is 0 Å². The highest BCUT2D eigenvalue weighted by molar-refractivity contribution is 5.92. The van der Waals surface area contributed by atoms with Crippen LogP contribution >= 0.6 is 0 Å². The van der Waals surface area contributed by atoms with Crippen molar-refractivity contribution < 1.29 is 18.0 Å². The number of benzene rings is 1. The van der Waals surface area contributed by atoms with E-state index in [1.54, 1.807) is 0 Å². The van der Waals surface area contributed by atoms with Crippen molar-refractivity contribution in [1.82, 2.24) is 9.97 Å². The summed E-state index contributed by atoms with van der Waals surface area (Å²) >= 11 is 0. The molecule has 2 rings (SSSR count). The first-order chi connectivity index (χ1) is 7.93. The number of para-hydroxylation sites is 1. The van der Waals surface area contributed by atoms with E-state index < -0.39 is 11.7 Å². The Hall–Kier alpha value is -2.18. The van der Waals surface area contributed by atoms with Gasteiger partial charge in [-0.3, -0.25) is 4.79 Å². The van der Waals surface area contributed by atoms with Gasteiger partial charge >= 0.3 is 6.18 Å². The molecule has 88 valence electrons. The van der Waals surface area contributed by atoms with Crippen LogP contribution in [0.4, 0.5) is 19.0 Å². The molecular formula is C10H6F3N3O. The van der Waals surface area contributed by atoms with Crippen molar-refractivity contribution in [2.75, 3.05) is 5.73 Å². The first-order valence-electron chi connectivity index (χ1n) is 4.52. The summed E-state index contributed by atoms with van der Waals surface area (Å²) in [6, 6.07) is 3.46. The molecule has 0 unspecified atom stereocenters. The van der Waals surface area contributed by atoms with Crippen LogP contribution < -0.4 is 5.73 Å². The van der Waals surface area contributed by atoms with Crippen LogP contribution in [0, 0.1) is 0 Å². The first kappa shape index (κ1) is 11.3. The van der Waals surface area contributed by atoms with E-state index in [2.05, 4.69) is 9.97 Å². The second-order valence-corrected chi connectivity index (χ2v) is 3.28. The van der Waals surface area contributed by atoms with Crippen LogP contribution in [0.3, 0.4) is 0 Å². The minimum Gasteiger partial charge on any atom is -0.383 e. The summed E-state index contributed by atoms with van der Waals surface area (Å²) in [5, 5.41) is 0.0745. The zero-order chi connectivity index (χ0) is 12.6. The van der Waals surface area contributed by atoms with Gasteiger partial charge in [0.15, 0.2) is 12.1 Å². The Kier molecular flexibility index (Phi) is 2.45. The van der Waals surface area contributed by atoms with E-state index in [-0.39, 0.29) is 28.8 Å². The average molecular weight is 241 g/mol. The van der Waals surface area contributed by atoms with Crippen LogP contribution in [0.25, 0.3) is 10.9 Å². The van der Waals surface area contributed by atoms with Crippen molar-refractivity contribution in [3.05, 3.63) is 29.6 Å². The number of hydrogen-bond acceptors (Lipinski definition) is 4. The summed E-state index contributed by atoms with van der Waals surface area (Å²) in [5.74, 6) is -0.519. The SMILES string of the molecule is Nc1nc(C=O)nc2c(C(F)(F)F)cccc12. The van der Waals surface area contributed by atoms with Crippen LogP contribution in [-0.2, 0) is 6.18 Å². The fraction of sp³-hybridized carbons (Fsp3) is 0.100. The molecule has 0 atom stereocenters. The number of hydrogen-bond donors (Lipinski definition) is 1. The molecule has 4 nitrogen and oxygen atoms in total. The number of nitrogen functional groups attached to an aromatic ring is 1. The fourth-order valence-corrected chi connectivity index (χ4v) is 1.48. The molecule has 0 saturated heterocycles. The maximum atomic E-state index is 12.7. The Morgan fingerprint density at radius 3 is 2.53 bits per heavy atom. The van der Waals surface area contributed by atoms with Crippen molar-refractivity contribution in [3.63, 3.8) is 0 Å². The number of nitrogens with two attached hydrogens (primary N) is 1. The number of aldehydes is 1. The molecule has 1 heterocycles. The highest BCUT2D eigenvalue weighted by Gasteiger charge is 2.33. The van der Waals surface area contributed by atoms with Gasteiger partial charge in [-0.15, -0.1) is 0 Å². The zero-order valence-corrected chi connectivity index (χ0v) is 8.32. The van der Waals surface area contributed by atoms with Gasteiger partial charge in [-0.25, -0.2) is 9.97 Å². The molecule has 17 heavy (non-hydrogen) atoms. The number of alkyl halides is 3. The number of halogens is 3. The van der Waals surface area contributed by atoms with Crippen molar-refractivity contribution >= 4 is 23.0 Å². The summed E-state index contributed by atoms with van der Waals surface area (Å²) in [4.78, 5) is 17.6. The van der Waals surface area contributed by atoms with Gasteiger partial charge in [0.1, 0.15) is 5.82 Å². The quantitative estimate of drug-likeness (QED) is 0.775. The molecule has 0 radical (unpaired) electrons. The fourth-order valence-electron chi connectivity index (χ4n) is 1.48. The highest BCUT2D eigenvalue weighted by Crippen LogP contribution is 2.34. The number of nitrogens with zero attached hydrogens (tertiary/aromatic N) is 2. The number of aromatic nitrogens is 2. The number of anilines is 1. The van der Waals surface area contributed by atoms with Crippen LogP contribution in [0.15, 0.2) is 18.2 Å². The zero-order valence-electron chi connectivity index (χ0n) is 8.32. The average Bonchev–Trinajstić information content (AvgIpc) is 2.26. The third kappa shape index (κ3) is 1.91. The molecule has 7 heteroatoms. The van der Waals surface area contributed by atoms with Gasteiger partial charge in [-0.1, -0.05) is 6.07 Å². The molecule has 0 aliphatic heterocycles. The summed E-state index contributed by atoms with van der Waals surface area (Å²) in [5.41, 5.74) is 4.16. The minimum absolute atomic E-state index is 0.0745. The monoisotopic (exact) mass is 241 g/mol. The Morgan fingerprint density at radius 2 is 1.94 bits per heavy atom. The molecule has 0 spiro atoms. The smallest absolute Gasteiger partial charge is 0.383 e. The Labute approximate surface area is 93.3 Å². The van der Waals surface area contributed by atoms with Gasteiger partial charge in [0.05, 0.1) is 11.1 Å². The maximum Gasteiger partial charge on any atom is 0.418 e. The van der Waals surface area contributed by atoms with Gasteiger partial charge in [-0.05, 0) is 12.1 Å². The highest BCUT2D eigenvalue weighted by atomic mass is 19.4. The topological polar surface area (TPSA) is 68.9 Å². The van der Waals surface area contributed by atoms with E-state index in [9.17, 15) is 18.0 Å². The standard InChI is InChI=1S/C10H6F3N3O/c11-10(12,13)6-3-1-2-5-8(6)15-7(4-17)16-9(5)14/h1-4H,(H2,14,15,16). The molecule has 1 aromatic heterocycles. The van der Waals surface area contributed by atoms with Gasteiger partial charge in [0.25, 0.3) is 0 Å². The number of carbonyl (C=O) groups excluding carboxylic acids is 1. The Morgan fingerprint density at radius 1 is 1.24 bits per heavy atom. The lowest BCUT2D eigenvalue weighted by Crippen LogP contribution is -2.09. The summed E-state index contributed by atoms with van der Waals surface area (Å²) < 4.78 is 38.1. The van der Waals surface area contributed by atoms with E-state index in [1.807, 2.05) is 0 Å². The maximum absolute atomic E-state index is 12.7. The molecule has 2 aromatic rings. The van der Waals surface area contributed by atoms with E-state index in [4.69, 9.17) is 5.73 Å². The third-order valence-corrected chi connectivity index (χ3v) is 2.18. The van der Waals surface area contributed by atoms with Crippen molar-refractivity contribution in [2.45, 2.75) is 6.18 Å². The summed E-state index contributed by atoms with van der Waals surface area (Å²) in [6.45, 7) is 0. The lowest BCUT2D eigenvalue weighted by atomic mass is 10.1. The molecule has 0 bridgehead atoms. The summed E-state index contributed by atoms with van der Waals surface area (Å²) in [7, 11) is 0. The second-order valence-electron chi connectivity index (χ2n) is 3.28. The first-order valence-corrected chi connectivity index (χ1v) is 4.52. The van der Waals surface area contributed by atoms with Gasteiger partial charge in [0, 0.05) is 5.39 Å². The molecule has 0 fully saturated rings. The number of rotatable bonds is 1. The Balaban J connectivity index is 2.87. The van der Waals surface area contributed by atoms with E-state index in [1.165, 1.54) is 12.1 Å². The van der Waals surface area contributed by atoms with Crippen LogP contribution in [0.1, 0.15) is 16.2 Å². The largest absolute Gasteiger partial charge is 0.418 e. The minimum atomic E-state index is -4.56. The predicted octanol–water partition coefficient (Wildman–Crippen LogP) is 2.04. The molecule has 0 saturated carbocycles. The lowest BCUT2D eigenvalue weighted by Gasteiger charge is -2.10. The molecule has 0 amide bonds. The molecule has 2 N–H and O–H groups in total. The molecule has 0 aliphatic carbocycles. The van der Waals surface area contributed by atoms with E-state index in [0.29, 0.717) is 0 Å². The number of carbonyl (C=O) groups is 1. The normalized spacial score (nSPS) is 11.7. The summed E-state index contributed by atoms with van der Waals surface area (Å²) in [6.07, 6.45) is -4.30. The van der Waals surface area contributed by atoms with Crippen LogP contribution in [-0.4, -0.2) is 16.3 Å². The van der Waals surface area contributed by atoms with Crippen molar-refractivity contribution in [1.29, 1.82) is 0 Å². The van der Waals surface area contributed by atoms with Gasteiger partial charge < -0.3 is 5.73 Å². The lowest BCUT2D eigenvalue weighted by molar-refractivity contribution is -0.136. The van der Waals surface area contributed by atoms with Crippen molar-refractivity contribution in [2.24, 2.45) is 0 Å². The molecule has 1 aromatic carbocycles. The molecular weight excluding hydrogens is 235 g/mol. The van der Waals surface area contributed by atoms with Crippen molar-refractivity contribution in [3.8, 4) is 0 Å². The molecule has 0 aliphatic rings. The van der Waals surface area contributed by atoms with Gasteiger partial charge in [0.2, 0.25) is 0 Å². The third-order valence-electron chi connectivity index (χ3n) is 2.18. The second kappa shape index (κ2) is 3.69. The van der Waals surface area contributed by atoms with Crippen LogP contribution in [0.5, 0.6) is 0 Å². The van der Waals surface area contributed by atoms with Crippen LogP contribution in [0.2, 0.25) is 0 Å².